The van der Waals surface area contributed by atoms with E-state index < -0.39 is 0 Å². The van der Waals surface area contributed by atoms with Gasteiger partial charge in [-0.1, -0.05) is 23.7 Å². The van der Waals surface area contributed by atoms with Crippen LogP contribution in [0.15, 0.2) is 48.5 Å². The van der Waals surface area contributed by atoms with Crippen molar-refractivity contribution in [3.63, 3.8) is 0 Å². The molecule has 2 aromatic carbocycles. The third-order valence-electron chi connectivity index (χ3n) is 5.48. The highest BCUT2D eigenvalue weighted by Gasteiger charge is 2.39. The van der Waals surface area contributed by atoms with Crippen molar-refractivity contribution in [1.29, 1.82) is 0 Å². The number of rotatable bonds is 5. The van der Waals surface area contributed by atoms with Crippen LogP contribution in [0, 0.1) is 5.92 Å². The second kappa shape index (κ2) is 7.87. The van der Waals surface area contributed by atoms with Crippen molar-refractivity contribution in [2.24, 2.45) is 5.92 Å². The van der Waals surface area contributed by atoms with Gasteiger partial charge in [-0.25, -0.2) is 0 Å². The molecule has 0 bridgehead atoms. The molecule has 3 amide bonds. The van der Waals surface area contributed by atoms with Crippen LogP contribution in [0.25, 0.3) is 0 Å². The minimum atomic E-state index is -0.338. The molecule has 2 atom stereocenters. The first-order chi connectivity index (χ1) is 13.9. The lowest BCUT2D eigenvalue weighted by Gasteiger charge is -2.26. The molecule has 0 aromatic heterocycles. The van der Waals surface area contributed by atoms with Crippen molar-refractivity contribution in [2.45, 2.75) is 31.3 Å². The maximum absolute atomic E-state index is 12.7. The first kappa shape index (κ1) is 19.5. The Kier molecular flexibility index (Phi) is 5.28. The van der Waals surface area contributed by atoms with Gasteiger partial charge >= 0.3 is 0 Å². The van der Waals surface area contributed by atoms with E-state index in [0.29, 0.717) is 16.3 Å². The number of halogens is 1. The average molecular weight is 412 g/mol. The van der Waals surface area contributed by atoms with Crippen LogP contribution in [0.2, 0.25) is 5.02 Å². The zero-order valence-electron chi connectivity index (χ0n) is 16.0. The van der Waals surface area contributed by atoms with Crippen LogP contribution in [0.4, 0.5) is 5.69 Å². The van der Waals surface area contributed by atoms with Crippen LogP contribution in [-0.2, 0) is 9.59 Å². The van der Waals surface area contributed by atoms with Gasteiger partial charge in [0.05, 0.1) is 12.1 Å². The summed E-state index contributed by atoms with van der Waals surface area (Å²) in [6.07, 6.45) is 2.12. The summed E-state index contributed by atoms with van der Waals surface area (Å²) in [4.78, 5) is 38.5. The monoisotopic (exact) mass is 411 g/mol. The predicted octanol–water partition coefficient (Wildman–Crippen LogP) is 3.39. The second-order valence-electron chi connectivity index (χ2n) is 7.63. The summed E-state index contributed by atoms with van der Waals surface area (Å²) < 4.78 is 0. The minimum absolute atomic E-state index is 0.0200. The van der Waals surface area contributed by atoms with Crippen molar-refractivity contribution < 1.29 is 14.4 Å². The third-order valence-corrected chi connectivity index (χ3v) is 5.73. The van der Waals surface area contributed by atoms with E-state index in [2.05, 4.69) is 10.6 Å². The normalized spacial score (nSPS) is 21.2. The minimum Gasteiger partial charge on any atom is -0.346 e. The molecule has 29 heavy (non-hydrogen) atoms. The van der Waals surface area contributed by atoms with Gasteiger partial charge in [-0.2, -0.15) is 0 Å². The maximum Gasteiger partial charge on any atom is 0.251 e. The quantitative estimate of drug-likeness (QED) is 0.791. The summed E-state index contributed by atoms with van der Waals surface area (Å²) in [6.45, 7) is 0. The van der Waals surface area contributed by atoms with E-state index in [1.807, 2.05) is 12.1 Å². The number of anilines is 1. The van der Waals surface area contributed by atoms with Gasteiger partial charge in [0.1, 0.15) is 0 Å². The predicted molar refractivity (Wildman–Crippen MR) is 111 cm³/mol. The average Bonchev–Trinajstić information content (AvgIpc) is 3.51. The van der Waals surface area contributed by atoms with Gasteiger partial charge < -0.3 is 15.5 Å². The number of nitrogens with zero attached hydrogens (tertiary/aromatic N) is 1. The molecule has 1 saturated carbocycles. The van der Waals surface area contributed by atoms with Crippen LogP contribution >= 0.6 is 11.6 Å². The number of carbonyl (C=O) groups is 3. The Hall–Kier alpha value is -2.86. The Balaban J connectivity index is 1.45. The van der Waals surface area contributed by atoms with Gasteiger partial charge in [-0.15, -0.1) is 0 Å². The van der Waals surface area contributed by atoms with E-state index >= 15 is 0 Å². The van der Waals surface area contributed by atoms with Crippen LogP contribution in [0.1, 0.15) is 41.2 Å². The molecule has 0 spiro atoms. The smallest absolute Gasteiger partial charge is 0.251 e. The van der Waals surface area contributed by atoms with E-state index in [1.54, 1.807) is 48.3 Å². The molecule has 6 nitrogen and oxygen atoms in total. The molecule has 2 aliphatic rings. The first-order valence-corrected chi connectivity index (χ1v) is 10.0. The Morgan fingerprint density at radius 2 is 1.69 bits per heavy atom. The van der Waals surface area contributed by atoms with Crippen LogP contribution in [0.5, 0.6) is 0 Å². The number of amides is 3. The van der Waals surface area contributed by atoms with E-state index in [9.17, 15) is 14.4 Å². The summed E-state index contributed by atoms with van der Waals surface area (Å²) in [5.41, 5.74) is 2.07. The molecule has 150 valence electrons. The van der Waals surface area contributed by atoms with Crippen LogP contribution in [0.3, 0.4) is 0 Å². The number of hydrogen-bond donors (Lipinski definition) is 2. The van der Waals surface area contributed by atoms with E-state index in [1.165, 1.54) is 0 Å². The Morgan fingerprint density at radius 1 is 1.03 bits per heavy atom. The number of carbonyl (C=O) groups excluding carboxylic acids is 3. The lowest BCUT2D eigenvalue weighted by molar-refractivity contribution is -0.127. The lowest BCUT2D eigenvalue weighted by Crippen LogP contribution is -2.39. The van der Waals surface area contributed by atoms with Crippen molar-refractivity contribution in [2.75, 3.05) is 12.4 Å². The topological polar surface area (TPSA) is 78.5 Å². The summed E-state index contributed by atoms with van der Waals surface area (Å²) in [5, 5.41) is 6.46. The summed E-state index contributed by atoms with van der Waals surface area (Å²) >= 11 is 5.97. The van der Waals surface area contributed by atoms with Gasteiger partial charge in [0.25, 0.3) is 5.91 Å². The Bertz CT molecular complexity index is 939. The molecule has 2 N–H and O–H groups in total. The van der Waals surface area contributed by atoms with Gasteiger partial charge in [0.2, 0.25) is 11.8 Å². The Labute approximate surface area is 174 Å². The molecule has 1 saturated heterocycles. The molecule has 1 heterocycles. The molecule has 1 aliphatic carbocycles. The van der Waals surface area contributed by atoms with E-state index in [0.717, 1.165) is 18.4 Å². The van der Waals surface area contributed by atoms with Crippen molar-refractivity contribution >= 4 is 35.0 Å². The van der Waals surface area contributed by atoms with Gasteiger partial charge in [0, 0.05) is 35.7 Å². The molecule has 0 radical (unpaired) electrons. The van der Waals surface area contributed by atoms with Gasteiger partial charge in [-0.05, 0) is 54.8 Å². The molecule has 7 heteroatoms. The van der Waals surface area contributed by atoms with Crippen LogP contribution < -0.4 is 10.6 Å². The highest BCUT2D eigenvalue weighted by atomic mass is 35.5. The second-order valence-corrected chi connectivity index (χ2v) is 8.06. The summed E-state index contributed by atoms with van der Waals surface area (Å²) in [7, 11) is 1.74. The number of likely N-dealkylation sites (tertiary alicyclic amines) is 1. The van der Waals surface area contributed by atoms with E-state index in [4.69, 9.17) is 11.6 Å². The van der Waals surface area contributed by atoms with Crippen LogP contribution in [-0.4, -0.2) is 35.7 Å². The molecular formula is C22H22ClN3O3. The molecule has 1 aliphatic heterocycles. The number of hydrogen-bond acceptors (Lipinski definition) is 3. The molecule has 2 unspecified atom stereocenters. The SMILES string of the molecule is CN1C(=O)CC(NC(=O)c2ccc(NC(=O)C3CC3)cc2)C1c1ccc(Cl)cc1. The summed E-state index contributed by atoms with van der Waals surface area (Å²) in [5.74, 6) is -0.120. The van der Waals surface area contributed by atoms with Crippen molar-refractivity contribution in [3.05, 3.63) is 64.7 Å². The lowest BCUT2D eigenvalue weighted by atomic mass is 10.00. The highest BCUT2D eigenvalue weighted by molar-refractivity contribution is 6.30. The number of likely N-dealkylation sites (N-methyl/N-ethyl adjacent to an activating group) is 1. The maximum atomic E-state index is 12.7. The highest BCUT2D eigenvalue weighted by Crippen LogP contribution is 2.33. The number of nitrogens with one attached hydrogen (secondary N) is 2. The van der Waals surface area contributed by atoms with Crippen molar-refractivity contribution in [3.8, 4) is 0 Å². The molecule has 2 aromatic rings. The largest absolute Gasteiger partial charge is 0.346 e. The van der Waals surface area contributed by atoms with Gasteiger partial charge in [-0.3, -0.25) is 14.4 Å². The standard InChI is InChI=1S/C22H22ClN3O3/c1-26-19(27)12-18(20(26)13-4-8-16(23)9-5-13)25-22(29)15-6-10-17(11-7-15)24-21(28)14-2-3-14/h4-11,14,18,20H,2-3,12H2,1H3,(H,24,28)(H,25,29). The van der Waals surface area contributed by atoms with E-state index in [-0.39, 0.29) is 42.1 Å². The Morgan fingerprint density at radius 3 is 2.31 bits per heavy atom. The molecular weight excluding hydrogens is 390 g/mol. The number of benzene rings is 2. The summed E-state index contributed by atoms with van der Waals surface area (Å²) in [6, 6.07) is 13.5. The zero-order valence-corrected chi connectivity index (χ0v) is 16.8. The van der Waals surface area contributed by atoms with Crippen molar-refractivity contribution in [1.82, 2.24) is 10.2 Å². The fourth-order valence-corrected chi connectivity index (χ4v) is 3.79. The first-order valence-electron chi connectivity index (χ1n) is 9.65. The fourth-order valence-electron chi connectivity index (χ4n) is 3.66. The fraction of sp³-hybridized carbons (Fsp3) is 0.318. The molecule has 2 fully saturated rings. The third kappa shape index (κ3) is 4.27. The molecule has 4 rings (SSSR count). The zero-order chi connectivity index (χ0) is 20.5. The van der Waals surface area contributed by atoms with Gasteiger partial charge in [0.15, 0.2) is 0 Å².